The number of nitrogens with one attached hydrogen (secondary N) is 1. The quantitative estimate of drug-likeness (QED) is 0.694. The minimum Gasteiger partial charge on any atom is -0.480 e. The van der Waals surface area contributed by atoms with E-state index in [4.69, 9.17) is 13.9 Å². The van der Waals surface area contributed by atoms with Gasteiger partial charge in [0.2, 0.25) is 5.91 Å². The Labute approximate surface area is 148 Å². The number of aliphatic carboxylic acids is 1. The highest BCUT2D eigenvalue weighted by molar-refractivity contribution is 6.07. The summed E-state index contributed by atoms with van der Waals surface area (Å²) in [5, 5.41) is 12.5. The van der Waals surface area contributed by atoms with Crippen LogP contribution < -0.4 is 10.9 Å². The third kappa shape index (κ3) is 2.85. The fourth-order valence-corrected chi connectivity index (χ4v) is 3.23. The number of benzene rings is 1. The Balaban J connectivity index is 2.20. The van der Waals surface area contributed by atoms with E-state index >= 15 is 0 Å². The Morgan fingerprint density at radius 3 is 2.42 bits per heavy atom. The van der Waals surface area contributed by atoms with Gasteiger partial charge in [0.25, 0.3) is 0 Å². The molecule has 0 aliphatic rings. The molecule has 0 saturated heterocycles. The Bertz CT molecular complexity index is 1120. The van der Waals surface area contributed by atoms with E-state index in [9.17, 15) is 14.4 Å². The summed E-state index contributed by atoms with van der Waals surface area (Å²) in [6, 6.07) is 1.79. The molecule has 0 atom stereocenters. The van der Waals surface area contributed by atoms with Gasteiger partial charge in [-0.25, -0.2) is 4.79 Å². The fraction of sp³-hybridized carbons (Fsp3) is 0.316. The molecule has 7 heteroatoms. The molecule has 136 valence electrons. The molecule has 2 heterocycles. The predicted molar refractivity (Wildman–Crippen MR) is 95.6 cm³/mol. The van der Waals surface area contributed by atoms with Crippen LogP contribution in [0, 0.1) is 27.7 Å². The number of hydrogen-bond donors (Lipinski definition) is 2. The molecule has 0 bridgehead atoms. The van der Waals surface area contributed by atoms with E-state index in [0.29, 0.717) is 22.1 Å². The van der Waals surface area contributed by atoms with Crippen LogP contribution in [0.4, 0.5) is 0 Å². The first-order chi connectivity index (χ1) is 12.2. The molecule has 0 radical (unpaired) electrons. The summed E-state index contributed by atoms with van der Waals surface area (Å²) in [6.07, 6.45) is -0.259. The van der Waals surface area contributed by atoms with Gasteiger partial charge in [0.15, 0.2) is 0 Å². The first-order valence-electron chi connectivity index (χ1n) is 8.14. The summed E-state index contributed by atoms with van der Waals surface area (Å²) in [7, 11) is 0. The molecular weight excluding hydrogens is 338 g/mol. The summed E-state index contributed by atoms with van der Waals surface area (Å²) in [6.45, 7) is 6.99. The summed E-state index contributed by atoms with van der Waals surface area (Å²) in [5.41, 5.74) is 3.17. The zero-order chi connectivity index (χ0) is 19.2. The number of carboxylic acids is 1. The molecule has 3 aromatic rings. The Kier molecular flexibility index (Phi) is 4.31. The zero-order valence-electron chi connectivity index (χ0n) is 15.0. The molecule has 1 amide bonds. The molecule has 7 nitrogen and oxygen atoms in total. The van der Waals surface area contributed by atoms with Crippen LogP contribution in [-0.2, 0) is 16.0 Å². The van der Waals surface area contributed by atoms with Crippen LogP contribution in [-0.4, -0.2) is 23.5 Å². The van der Waals surface area contributed by atoms with E-state index in [2.05, 4.69) is 5.32 Å². The summed E-state index contributed by atoms with van der Waals surface area (Å²) in [4.78, 5) is 34.9. The molecule has 0 aliphatic carbocycles. The smallest absolute Gasteiger partial charge is 0.340 e. The van der Waals surface area contributed by atoms with Crippen LogP contribution in [0.2, 0.25) is 0 Å². The van der Waals surface area contributed by atoms with Crippen LogP contribution >= 0.6 is 0 Å². The first-order valence-corrected chi connectivity index (χ1v) is 8.14. The van der Waals surface area contributed by atoms with E-state index in [1.54, 1.807) is 13.0 Å². The van der Waals surface area contributed by atoms with Gasteiger partial charge in [-0.2, -0.15) is 0 Å². The highest BCUT2D eigenvalue weighted by Crippen LogP contribution is 2.35. The largest absolute Gasteiger partial charge is 0.480 e. The van der Waals surface area contributed by atoms with E-state index in [1.807, 2.05) is 20.8 Å². The van der Waals surface area contributed by atoms with Crippen molar-refractivity contribution in [2.24, 2.45) is 0 Å². The van der Waals surface area contributed by atoms with Crippen LogP contribution in [0.15, 0.2) is 19.7 Å². The van der Waals surface area contributed by atoms with E-state index in [-0.39, 0.29) is 12.0 Å². The van der Waals surface area contributed by atoms with Gasteiger partial charge >= 0.3 is 11.6 Å². The summed E-state index contributed by atoms with van der Waals surface area (Å²) < 4.78 is 11.3. The second kappa shape index (κ2) is 6.33. The van der Waals surface area contributed by atoms with Crippen molar-refractivity contribution in [3.8, 4) is 0 Å². The standard InChI is InChI=1S/C19H19NO6/c1-8-5-13-17(18-16(8)9(2)11(4)25-18)10(3)12(19(24)26-13)6-14(21)20-7-15(22)23/h5H,6-7H2,1-4H3,(H,20,21)(H,22,23). The third-order valence-electron chi connectivity index (χ3n) is 4.65. The SMILES string of the molecule is Cc1oc2c(c(C)cc3oc(=O)c(CC(=O)NCC(=O)O)c(C)c32)c1C. The Hall–Kier alpha value is -3.09. The molecule has 3 rings (SSSR count). The summed E-state index contributed by atoms with van der Waals surface area (Å²) in [5.74, 6) is -0.932. The lowest BCUT2D eigenvalue weighted by Gasteiger charge is -2.09. The number of hydrogen-bond acceptors (Lipinski definition) is 5. The van der Waals surface area contributed by atoms with Crippen molar-refractivity contribution >= 4 is 33.8 Å². The number of rotatable bonds is 4. The van der Waals surface area contributed by atoms with E-state index in [0.717, 1.165) is 22.3 Å². The van der Waals surface area contributed by atoms with E-state index in [1.165, 1.54) is 0 Å². The second-order valence-electron chi connectivity index (χ2n) is 6.39. The molecule has 0 aliphatic heterocycles. The number of carbonyl (C=O) groups excluding carboxylic acids is 1. The number of carboxylic acid groups (broad SMARTS) is 1. The maximum absolute atomic E-state index is 12.4. The van der Waals surface area contributed by atoms with Crippen molar-refractivity contribution in [1.82, 2.24) is 5.32 Å². The first kappa shape index (κ1) is 17.7. The number of carbonyl (C=O) groups is 2. The summed E-state index contributed by atoms with van der Waals surface area (Å²) >= 11 is 0. The normalized spacial score (nSPS) is 11.2. The topological polar surface area (TPSA) is 110 Å². The van der Waals surface area contributed by atoms with Crippen molar-refractivity contribution < 1.29 is 23.5 Å². The van der Waals surface area contributed by atoms with Crippen molar-refractivity contribution in [2.45, 2.75) is 34.1 Å². The lowest BCUT2D eigenvalue weighted by Crippen LogP contribution is -2.32. The molecular formula is C19H19NO6. The van der Waals surface area contributed by atoms with Gasteiger partial charge in [-0.3, -0.25) is 9.59 Å². The van der Waals surface area contributed by atoms with Gasteiger partial charge in [0.1, 0.15) is 23.5 Å². The van der Waals surface area contributed by atoms with Gasteiger partial charge in [-0.15, -0.1) is 0 Å². The molecule has 1 aromatic carbocycles. The second-order valence-corrected chi connectivity index (χ2v) is 6.39. The molecule has 0 spiro atoms. The zero-order valence-corrected chi connectivity index (χ0v) is 15.0. The van der Waals surface area contributed by atoms with Crippen LogP contribution in [0.5, 0.6) is 0 Å². The predicted octanol–water partition coefficient (Wildman–Crippen LogP) is 2.52. The molecule has 2 N–H and O–H groups in total. The maximum Gasteiger partial charge on any atom is 0.340 e. The van der Waals surface area contributed by atoms with Gasteiger partial charge in [0.05, 0.1) is 17.4 Å². The van der Waals surface area contributed by atoms with Gasteiger partial charge in [0, 0.05) is 5.39 Å². The van der Waals surface area contributed by atoms with Crippen molar-refractivity contribution in [3.63, 3.8) is 0 Å². The van der Waals surface area contributed by atoms with Gasteiger partial charge in [-0.1, -0.05) is 0 Å². The minimum atomic E-state index is -1.15. The molecule has 26 heavy (non-hydrogen) atoms. The average molecular weight is 357 g/mol. The number of furan rings is 1. The lowest BCUT2D eigenvalue weighted by atomic mass is 9.98. The van der Waals surface area contributed by atoms with Gasteiger partial charge in [-0.05, 0) is 50.5 Å². The molecule has 0 saturated carbocycles. The van der Waals surface area contributed by atoms with Crippen molar-refractivity contribution in [1.29, 1.82) is 0 Å². The van der Waals surface area contributed by atoms with Crippen molar-refractivity contribution in [3.05, 3.63) is 44.5 Å². The number of amides is 1. The van der Waals surface area contributed by atoms with Crippen LogP contribution in [0.25, 0.3) is 21.9 Å². The molecule has 0 fully saturated rings. The number of fused-ring (bicyclic) bond motifs is 3. The highest BCUT2D eigenvalue weighted by Gasteiger charge is 2.21. The van der Waals surface area contributed by atoms with E-state index < -0.39 is 24.0 Å². The molecule has 2 aromatic heterocycles. The van der Waals surface area contributed by atoms with Crippen molar-refractivity contribution in [2.75, 3.05) is 6.54 Å². The lowest BCUT2D eigenvalue weighted by molar-refractivity contribution is -0.137. The minimum absolute atomic E-state index is 0.192. The highest BCUT2D eigenvalue weighted by atomic mass is 16.4. The Morgan fingerprint density at radius 2 is 1.77 bits per heavy atom. The van der Waals surface area contributed by atoms with Gasteiger partial charge < -0.3 is 19.3 Å². The Morgan fingerprint density at radius 1 is 1.08 bits per heavy atom. The third-order valence-corrected chi connectivity index (χ3v) is 4.65. The van der Waals surface area contributed by atoms with Crippen LogP contribution in [0.3, 0.4) is 0 Å². The van der Waals surface area contributed by atoms with Crippen LogP contribution in [0.1, 0.15) is 28.0 Å². The maximum atomic E-state index is 12.4. The monoisotopic (exact) mass is 357 g/mol. The number of aryl methyl sites for hydroxylation is 4. The fourth-order valence-electron chi connectivity index (χ4n) is 3.23. The average Bonchev–Trinajstić information content (AvgIpc) is 2.84. The molecule has 0 unspecified atom stereocenters.